The van der Waals surface area contributed by atoms with Gasteiger partial charge in [0.05, 0.1) is 6.07 Å². The Morgan fingerprint density at radius 2 is 1.78 bits per heavy atom. The minimum Gasteiger partial charge on any atom is -0.356 e. The van der Waals surface area contributed by atoms with Crippen LogP contribution < -0.4 is 10.2 Å². The Bertz CT molecular complexity index is 1060. The number of benzene rings is 2. The molecule has 0 bridgehead atoms. The summed E-state index contributed by atoms with van der Waals surface area (Å²) in [4.78, 5) is 23.8. The SMILES string of the molecule is CCc1ccc(NC(=O)c2ncnc(N(CCCC#N)CCc3ccccc3)c2C)cc1. The Balaban J connectivity index is 1.79. The molecule has 0 unspecified atom stereocenters. The zero-order chi connectivity index (χ0) is 22.8. The normalized spacial score (nSPS) is 10.4. The van der Waals surface area contributed by atoms with Crippen LogP contribution in [0.3, 0.4) is 0 Å². The molecule has 0 aliphatic heterocycles. The zero-order valence-electron chi connectivity index (χ0n) is 18.7. The summed E-state index contributed by atoms with van der Waals surface area (Å²) in [5.74, 6) is 0.482. The monoisotopic (exact) mass is 427 g/mol. The molecule has 2 aromatic carbocycles. The third kappa shape index (κ3) is 6.14. The van der Waals surface area contributed by atoms with E-state index in [0.717, 1.165) is 42.9 Å². The van der Waals surface area contributed by atoms with Crippen LogP contribution in [-0.2, 0) is 12.8 Å². The summed E-state index contributed by atoms with van der Waals surface area (Å²) >= 11 is 0. The highest BCUT2D eigenvalue weighted by atomic mass is 16.1. The second kappa shape index (κ2) is 11.6. The van der Waals surface area contributed by atoms with Gasteiger partial charge in [-0.2, -0.15) is 5.26 Å². The summed E-state index contributed by atoms with van der Waals surface area (Å²) in [6.07, 6.45) is 4.46. The number of aromatic nitrogens is 2. The van der Waals surface area contributed by atoms with Crippen molar-refractivity contribution < 1.29 is 4.79 Å². The Labute approximate surface area is 189 Å². The van der Waals surface area contributed by atoms with Crippen LogP contribution in [0.25, 0.3) is 0 Å². The molecule has 1 amide bonds. The number of anilines is 2. The molecular formula is C26H29N5O. The smallest absolute Gasteiger partial charge is 0.274 e. The number of carbonyl (C=O) groups excluding carboxylic acids is 1. The molecule has 1 N–H and O–H groups in total. The summed E-state index contributed by atoms with van der Waals surface area (Å²) < 4.78 is 0. The first-order chi connectivity index (χ1) is 15.6. The zero-order valence-corrected chi connectivity index (χ0v) is 18.7. The van der Waals surface area contributed by atoms with Gasteiger partial charge in [0.25, 0.3) is 5.91 Å². The predicted molar refractivity (Wildman–Crippen MR) is 128 cm³/mol. The average molecular weight is 428 g/mol. The average Bonchev–Trinajstić information content (AvgIpc) is 2.83. The Morgan fingerprint density at radius 1 is 1.03 bits per heavy atom. The summed E-state index contributed by atoms with van der Waals surface area (Å²) in [5.41, 5.74) is 4.29. The molecule has 0 radical (unpaired) electrons. The first-order valence-electron chi connectivity index (χ1n) is 11.0. The van der Waals surface area contributed by atoms with E-state index >= 15 is 0 Å². The first-order valence-corrected chi connectivity index (χ1v) is 11.0. The van der Waals surface area contributed by atoms with Crippen LogP contribution in [0, 0.1) is 18.3 Å². The largest absolute Gasteiger partial charge is 0.356 e. The second-order valence-corrected chi connectivity index (χ2v) is 7.66. The fourth-order valence-corrected chi connectivity index (χ4v) is 3.58. The first kappa shape index (κ1) is 23.0. The third-order valence-electron chi connectivity index (χ3n) is 5.42. The number of unbranched alkanes of at least 4 members (excludes halogenated alkanes) is 1. The van der Waals surface area contributed by atoms with Gasteiger partial charge in [-0.1, -0.05) is 49.4 Å². The highest BCUT2D eigenvalue weighted by Gasteiger charge is 2.19. The molecule has 0 aliphatic carbocycles. The van der Waals surface area contributed by atoms with E-state index in [0.29, 0.717) is 18.7 Å². The van der Waals surface area contributed by atoms with Crippen molar-refractivity contribution in [3.63, 3.8) is 0 Å². The van der Waals surface area contributed by atoms with Gasteiger partial charge in [0.2, 0.25) is 0 Å². The maximum absolute atomic E-state index is 12.9. The van der Waals surface area contributed by atoms with E-state index in [1.807, 2.05) is 49.4 Å². The summed E-state index contributed by atoms with van der Waals surface area (Å²) in [5, 5.41) is 11.9. The van der Waals surface area contributed by atoms with Crippen molar-refractivity contribution in [2.75, 3.05) is 23.3 Å². The van der Waals surface area contributed by atoms with Crippen molar-refractivity contribution in [3.8, 4) is 6.07 Å². The number of hydrogen-bond acceptors (Lipinski definition) is 5. The number of nitrogens with zero attached hydrogens (tertiary/aromatic N) is 4. The topological polar surface area (TPSA) is 81.9 Å². The summed E-state index contributed by atoms with van der Waals surface area (Å²) in [7, 11) is 0. The fraction of sp³-hybridized carbons (Fsp3) is 0.308. The highest BCUT2D eigenvalue weighted by Crippen LogP contribution is 2.21. The highest BCUT2D eigenvalue weighted by molar-refractivity contribution is 6.04. The van der Waals surface area contributed by atoms with Crippen LogP contribution in [-0.4, -0.2) is 29.0 Å². The maximum Gasteiger partial charge on any atom is 0.274 e. The Kier molecular flexibility index (Phi) is 8.33. The number of aryl methyl sites for hydroxylation is 1. The quantitative estimate of drug-likeness (QED) is 0.463. The van der Waals surface area contributed by atoms with Crippen LogP contribution in [0.5, 0.6) is 0 Å². The third-order valence-corrected chi connectivity index (χ3v) is 5.42. The summed E-state index contributed by atoms with van der Waals surface area (Å²) in [6, 6.07) is 20.3. The number of carbonyl (C=O) groups is 1. The molecule has 32 heavy (non-hydrogen) atoms. The van der Waals surface area contributed by atoms with E-state index in [4.69, 9.17) is 5.26 Å². The van der Waals surface area contributed by atoms with Crippen molar-refractivity contribution >= 4 is 17.4 Å². The van der Waals surface area contributed by atoms with Crippen molar-refractivity contribution in [2.24, 2.45) is 0 Å². The molecule has 6 heteroatoms. The Morgan fingerprint density at radius 3 is 2.47 bits per heavy atom. The number of nitriles is 1. The van der Waals surface area contributed by atoms with Gasteiger partial charge in [0, 0.05) is 30.8 Å². The minimum atomic E-state index is -0.254. The van der Waals surface area contributed by atoms with Crippen LogP contribution in [0.2, 0.25) is 0 Å². The molecule has 6 nitrogen and oxygen atoms in total. The predicted octanol–water partition coefficient (Wildman–Crippen LogP) is 4.95. The van der Waals surface area contributed by atoms with Gasteiger partial charge in [0.1, 0.15) is 17.8 Å². The van der Waals surface area contributed by atoms with Crippen LogP contribution >= 0.6 is 0 Å². The number of rotatable bonds is 10. The van der Waals surface area contributed by atoms with Crippen molar-refractivity contribution in [3.05, 3.63) is 83.3 Å². The molecule has 164 valence electrons. The van der Waals surface area contributed by atoms with E-state index in [-0.39, 0.29) is 5.91 Å². The van der Waals surface area contributed by atoms with Crippen molar-refractivity contribution in [1.29, 1.82) is 5.26 Å². The van der Waals surface area contributed by atoms with Gasteiger partial charge in [-0.05, 0) is 49.4 Å². The van der Waals surface area contributed by atoms with Crippen LogP contribution in [0.15, 0.2) is 60.9 Å². The second-order valence-electron chi connectivity index (χ2n) is 7.66. The van der Waals surface area contributed by atoms with Crippen molar-refractivity contribution in [2.45, 2.75) is 39.5 Å². The Hall–Kier alpha value is -3.72. The van der Waals surface area contributed by atoms with Crippen LogP contribution in [0.1, 0.15) is 46.9 Å². The van der Waals surface area contributed by atoms with Gasteiger partial charge < -0.3 is 10.2 Å². The number of nitrogens with one attached hydrogen (secondary N) is 1. The molecule has 0 aliphatic rings. The van der Waals surface area contributed by atoms with Crippen molar-refractivity contribution in [1.82, 2.24) is 9.97 Å². The lowest BCUT2D eigenvalue weighted by atomic mass is 10.1. The number of hydrogen-bond donors (Lipinski definition) is 1. The summed E-state index contributed by atoms with van der Waals surface area (Å²) in [6.45, 7) is 5.41. The lowest BCUT2D eigenvalue weighted by Crippen LogP contribution is -2.30. The minimum absolute atomic E-state index is 0.254. The van der Waals surface area contributed by atoms with Gasteiger partial charge in [0.15, 0.2) is 0 Å². The molecule has 0 saturated heterocycles. The van der Waals surface area contributed by atoms with Gasteiger partial charge in [-0.15, -0.1) is 0 Å². The van der Waals surface area contributed by atoms with Crippen LogP contribution in [0.4, 0.5) is 11.5 Å². The molecule has 0 spiro atoms. The van der Waals surface area contributed by atoms with Gasteiger partial charge >= 0.3 is 0 Å². The fourth-order valence-electron chi connectivity index (χ4n) is 3.58. The molecule has 0 saturated carbocycles. The van der Waals surface area contributed by atoms with E-state index < -0.39 is 0 Å². The standard InChI is InChI=1S/C26H29N5O/c1-3-21-11-13-23(14-12-21)30-26(32)24-20(2)25(29-19-28-24)31(17-8-7-16-27)18-15-22-9-5-4-6-10-22/h4-6,9-14,19H,3,7-8,15,17-18H2,1-2H3,(H,30,32). The van der Waals surface area contributed by atoms with E-state index in [1.54, 1.807) is 0 Å². The van der Waals surface area contributed by atoms with Gasteiger partial charge in [-0.25, -0.2) is 9.97 Å². The molecule has 1 aromatic heterocycles. The van der Waals surface area contributed by atoms with E-state index in [9.17, 15) is 4.79 Å². The van der Waals surface area contributed by atoms with Gasteiger partial charge in [-0.3, -0.25) is 4.79 Å². The molecule has 0 atom stereocenters. The molecule has 1 heterocycles. The molecule has 3 aromatic rings. The molecule has 0 fully saturated rings. The lowest BCUT2D eigenvalue weighted by Gasteiger charge is -2.25. The molecule has 3 rings (SSSR count). The van der Waals surface area contributed by atoms with E-state index in [1.165, 1.54) is 17.5 Å². The van der Waals surface area contributed by atoms with E-state index in [2.05, 4.69) is 45.3 Å². The molecular weight excluding hydrogens is 398 g/mol. The maximum atomic E-state index is 12.9. The number of amides is 1. The lowest BCUT2D eigenvalue weighted by molar-refractivity contribution is 0.102.